The number of rotatable bonds is 4. The first-order chi connectivity index (χ1) is 11.2. The van der Waals surface area contributed by atoms with Gasteiger partial charge in [-0.2, -0.15) is 0 Å². The second-order valence-corrected chi connectivity index (χ2v) is 4.96. The summed E-state index contributed by atoms with van der Waals surface area (Å²) in [6.07, 6.45) is 0. The number of aromatic hydroxyl groups is 1. The normalized spacial score (nSPS) is 10.5. The third-order valence-corrected chi connectivity index (χ3v) is 3.35. The van der Waals surface area contributed by atoms with Gasteiger partial charge < -0.3 is 15.2 Å². The number of phenolic OH excluding ortho intramolecular Hbond substituents is 1. The zero-order valence-corrected chi connectivity index (χ0v) is 12.6. The molecule has 5 heteroatoms. The van der Waals surface area contributed by atoms with Gasteiger partial charge in [-0.3, -0.25) is 4.79 Å². The monoisotopic (exact) mass is 308 g/mol. The van der Waals surface area contributed by atoms with E-state index in [0.717, 1.165) is 11.1 Å². The molecule has 0 aliphatic rings. The van der Waals surface area contributed by atoms with Crippen molar-refractivity contribution < 1.29 is 14.6 Å². The number of hydrogen-bond acceptors (Lipinski definition) is 4. The summed E-state index contributed by atoms with van der Waals surface area (Å²) in [7, 11) is 0. The van der Waals surface area contributed by atoms with Crippen molar-refractivity contribution in [1.29, 1.82) is 0 Å². The van der Waals surface area contributed by atoms with Crippen LogP contribution in [0.4, 0.5) is 5.69 Å². The van der Waals surface area contributed by atoms with Crippen molar-refractivity contribution in [1.82, 2.24) is 4.98 Å². The Morgan fingerprint density at radius 1 is 1.13 bits per heavy atom. The van der Waals surface area contributed by atoms with Gasteiger partial charge in [0.15, 0.2) is 0 Å². The number of benzene rings is 2. The standard InChI is InChI=1S/C18H16N2O3/c1-2-23-14-9-7-13(8-10-14)19-18(22)15-11-6-12-4-3-5-16(21)17(12)20-15/h3-11,21H,2H2,1H3,(H,19,22). The molecule has 2 aromatic carbocycles. The lowest BCUT2D eigenvalue weighted by atomic mass is 10.2. The number of ether oxygens (including phenoxy) is 1. The van der Waals surface area contributed by atoms with E-state index in [2.05, 4.69) is 10.3 Å². The predicted octanol–water partition coefficient (Wildman–Crippen LogP) is 3.59. The summed E-state index contributed by atoms with van der Waals surface area (Å²) in [6.45, 7) is 2.51. The van der Waals surface area contributed by atoms with Crippen LogP contribution >= 0.6 is 0 Å². The molecule has 2 N–H and O–H groups in total. The van der Waals surface area contributed by atoms with Gasteiger partial charge in [0.1, 0.15) is 22.7 Å². The molecule has 1 heterocycles. The number of nitrogens with zero attached hydrogens (tertiary/aromatic N) is 1. The molecule has 23 heavy (non-hydrogen) atoms. The second kappa shape index (κ2) is 6.36. The van der Waals surface area contributed by atoms with Crippen molar-refractivity contribution >= 4 is 22.5 Å². The van der Waals surface area contributed by atoms with Crippen LogP contribution in [0.3, 0.4) is 0 Å². The minimum atomic E-state index is -0.334. The number of fused-ring (bicyclic) bond motifs is 1. The summed E-state index contributed by atoms with van der Waals surface area (Å²) in [4.78, 5) is 16.5. The fourth-order valence-corrected chi connectivity index (χ4v) is 2.25. The number of carbonyl (C=O) groups excluding carboxylic acids is 1. The van der Waals surface area contributed by atoms with Gasteiger partial charge >= 0.3 is 0 Å². The first-order valence-corrected chi connectivity index (χ1v) is 7.30. The molecule has 0 spiro atoms. The van der Waals surface area contributed by atoms with Gasteiger partial charge in [-0.05, 0) is 43.3 Å². The molecule has 3 aromatic rings. The summed E-state index contributed by atoms with van der Waals surface area (Å²) < 4.78 is 5.36. The summed E-state index contributed by atoms with van der Waals surface area (Å²) in [5, 5.41) is 13.4. The molecule has 0 fully saturated rings. The third kappa shape index (κ3) is 3.23. The number of pyridine rings is 1. The predicted molar refractivity (Wildman–Crippen MR) is 89.0 cm³/mol. The highest BCUT2D eigenvalue weighted by atomic mass is 16.5. The maximum Gasteiger partial charge on any atom is 0.274 e. The highest BCUT2D eigenvalue weighted by Gasteiger charge is 2.10. The van der Waals surface area contributed by atoms with Gasteiger partial charge in [0, 0.05) is 11.1 Å². The fourth-order valence-electron chi connectivity index (χ4n) is 2.25. The van der Waals surface area contributed by atoms with Gasteiger partial charge in [-0.25, -0.2) is 4.98 Å². The second-order valence-electron chi connectivity index (χ2n) is 4.96. The number of carbonyl (C=O) groups is 1. The smallest absolute Gasteiger partial charge is 0.274 e. The number of phenols is 1. The number of anilines is 1. The van der Waals surface area contributed by atoms with Gasteiger partial charge in [0.05, 0.1) is 6.61 Å². The Bertz CT molecular complexity index is 845. The third-order valence-electron chi connectivity index (χ3n) is 3.35. The van der Waals surface area contributed by atoms with Gasteiger partial charge in [0.2, 0.25) is 0 Å². The van der Waals surface area contributed by atoms with Crippen LogP contribution in [0.2, 0.25) is 0 Å². The Morgan fingerprint density at radius 3 is 2.65 bits per heavy atom. The Balaban J connectivity index is 1.81. The van der Waals surface area contributed by atoms with Crippen LogP contribution in [0.15, 0.2) is 54.6 Å². The van der Waals surface area contributed by atoms with Crippen molar-refractivity contribution in [2.45, 2.75) is 6.92 Å². The van der Waals surface area contributed by atoms with E-state index in [1.807, 2.05) is 13.0 Å². The van der Waals surface area contributed by atoms with Crippen LogP contribution in [0.25, 0.3) is 10.9 Å². The highest BCUT2D eigenvalue weighted by molar-refractivity contribution is 6.04. The van der Waals surface area contributed by atoms with Crippen LogP contribution < -0.4 is 10.1 Å². The van der Waals surface area contributed by atoms with E-state index in [4.69, 9.17) is 4.74 Å². The number of hydrogen-bond donors (Lipinski definition) is 2. The Labute approximate surface area is 133 Å². The van der Waals surface area contributed by atoms with Crippen molar-refractivity contribution in [2.24, 2.45) is 0 Å². The Morgan fingerprint density at radius 2 is 1.91 bits per heavy atom. The molecule has 0 radical (unpaired) electrons. The SMILES string of the molecule is CCOc1ccc(NC(=O)c2ccc3cccc(O)c3n2)cc1. The molecule has 1 aromatic heterocycles. The molecule has 5 nitrogen and oxygen atoms in total. The fraction of sp³-hybridized carbons (Fsp3) is 0.111. The van der Waals surface area contributed by atoms with E-state index < -0.39 is 0 Å². The maximum atomic E-state index is 12.3. The van der Waals surface area contributed by atoms with Crippen LogP contribution in [-0.2, 0) is 0 Å². The van der Waals surface area contributed by atoms with E-state index in [1.165, 1.54) is 0 Å². The van der Waals surface area contributed by atoms with E-state index >= 15 is 0 Å². The molecule has 0 saturated heterocycles. The summed E-state index contributed by atoms with van der Waals surface area (Å²) >= 11 is 0. The molecule has 3 rings (SSSR count). The minimum Gasteiger partial charge on any atom is -0.506 e. The average molecular weight is 308 g/mol. The number of amides is 1. The molecule has 116 valence electrons. The number of nitrogens with one attached hydrogen (secondary N) is 1. The van der Waals surface area contributed by atoms with Crippen LogP contribution in [0, 0.1) is 0 Å². The van der Waals surface area contributed by atoms with Crippen LogP contribution in [0.5, 0.6) is 11.5 Å². The minimum absolute atomic E-state index is 0.0539. The highest BCUT2D eigenvalue weighted by Crippen LogP contribution is 2.23. The van der Waals surface area contributed by atoms with Crippen molar-refractivity contribution in [3.63, 3.8) is 0 Å². The van der Waals surface area contributed by atoms with Crippen molar-refractivity contribution in [3.8, 4) is 11.5 Å². The molecule has 0 bridgehead atoms. The molecule has 0 aliphatic carbocycles. The molecule has 0 aliphatic heterocycles. The topological polar surface area (TPSA) is 71.5 Å². The maximum absolute atomic E-state index is 12.3. The van der Waals surface area contributed by atoms with Gasteiger partial charge in [0.25, 0.3) is 5.91 Å². The molecule has 1 amide bonds. The van der Waals surface area contributed by atoms with Crippen LogP contribution in [-0.4, -0.2) is 22.6 Å². The van der Waals surface area contributed by atoms with Crippen molar-refractivity contribution in [3.05, 3.63) is 60.3 Å². The zero-order valence-electron chi connectivity index (χ0n) is 12.6. The summed E-state index contributed by atoms with van der Waals surface area (Å²) in [6, 6.07) is 15.6. The zero-order chi connectivity index (χ0) is 16.2. The van der Waals surface area contributed by atoms with E-state index in [9.17, 15) is 9.90 Å². The van der Waals surface area contributed by atoms with Crippen LogP contribution in [0.1, 0.15) is 17.4 Å². The number of para-hydroxylation sites is 1. The summed E-state index contributed by atoms with van der Waals surface area (Å²) in [5.74, 6) is 0.469. The van der Waals surface area contributed by atoms with Crippen molar-refractivity contribution in [2.75, 3.05) is 11.9 Å². The van der Waals surface area contributed by atoms with E-state index in [1.54, 1.807) is 48.5 Å². The molecular formula is C18H16N2O3. The quantitative estimate of drug-likeness (QED) is 0.772. The summed E-state index contributed by atoms with van der Waals surface area (Å²) in [5.41, 5.74) is 1.30. The lowest BCUT2D eigenvalue weighted by Gasteiger charge is -2.08. The van der Waals surface area contributed by atoms with Gasteiger partial charge in [-0.1, -0.05) is 18.2 Å². The molecular weight excluding hydrogens is 292 g/mol. The van der Waals surface area contributed by atoms with E-state index in [0.29, 0.717) is 17.8 Å². The Hall–Kier alpha value is -3.08. The first kappa shape index (κ1) is 14.8. The van der Waals surface area contributed by atoms with E-state index in [-0.39, 0.29) is 17.4 Å². The average Bonchev–Trinajstić information content (AvgIpc) is 2.57. The lowest BCUT2D eigenvalue weighted by Crippen LogP contribution is -2.13. The molecule has 0 atom stereocenters. The first-order valence-electron chi connectivity index (χ1n) is 7.30. The number of aromatic nitrogens is 1. The molecule has 0 unspecified atom stereocenters. The largest absolute Gasteiger partial charge is 0.506 e. The lowest BCUT2D eigenvalue weighted by molar-refractivity contribution is 0.102. The molecule has 0 saturated carbocycles. The Kier molecular flexibility index (Phi) is 4.10. The van der Waals surface area contributed by atoms with Gasteiger partial charge in [-0.15, -0.1) is 0 Å².